The summed E-state index contributed by atoms with van der Waals surface area (Å²) in [7, 11) is 0. The zero-order valence-electron chi connectivity index (χ0n) is 17.2. The van der Waals surface area contributed by atoms with Crippen molar-refractivity contribution in [1.82, 2.24) is 10.2 Å². The van der Waals surface area contributed by atoms with Gasteiger partial charge in [0.2, 0.25) is 5.91 Å². The fourth-order valence-corrected chi connectivity index (χ4v) is 3.70. The van der Waals surface area contributed by atoms with Crippen LogP contribution in [0, 0.1) is 13.8 Å². The van der Waals surface area contributed by atoms with Crippen LogP contribution < -0.4 is 10.6 Å². The smallest absolute Gasteiger partial charge is 0.256 e. The monoisotopic (exact) mass is 413 g/mol. The highest BCUT2D eigenvalue weighted by molar-refractivity contribution is 6.31. The minimum absolute atomic E-state index is 0.0450. The van der Waals surface area contributed by atoms with E-state index >= 15 is 0 Å². The molecule has 0 saturated carbocycles. The van der Waals surface area contributed by atoms with Crippen LogP contribution in [0.5, 0.6) is 0 Å². The molecule has 0 aromatic heterocycles. The van der Waals surface area contributed by atoms with Gasteiger partial charge in [-0.15, -0.1) is 0 Å². The van der Waals surface area contributed by atoms with Gasteiger partial charge in [-0.2, -0.15) is 0 Å². The molecule has 1 unspecified atom stereocenters. The van der Waals surface area contributed by atoms with Gasteiger partial charge in [-0.25, -0.2) is 0 Å². The van der Waals surface area contributed by atoms with Crippen LogP contribution in [-0.4, -0.2) is 36.3 Å². The van der Waals surface area contributed by atoms with Gasteiger partial charge in [0.15, 0.2) is 0 Å². The molecule has 1 saturated heterocycles. The minimum Gasteiger partial charge on any atom is -0.376 e. The summed E-state index contributed by atoms with van der Waals surface area (Å²) < 4.78 is 0. The van der Waals surface area contributed by atoms with Crippen molar-refractivity contribution in [3.63, 3.8) is 0 Å². The Bertz CT molecular complexity index is 907. The van der Waals surface area contributed by atoms with Gasteiger partial charge in [-0.1, -0.05) is 29.8 Å². The maximum Gasteiger partial charge on any atom is 0.256 e. The minimum atomic E-state index is -0.134. The van der Waals surface area contributed by atoms with Crippen LogP contribution in [0.4, 0.5) is 5.69 Å². The number of hydrogen-bond donors (Lipinski definition) is 2. The van der Waals surface area contributed by atoms with Gasteiger partial charge in [-0.05, 0) is 68.5 Å². The zero-order chi connectivity index (χ0) is 21.0. The standard InChI is InChI=1S/C23H28ClN3O2/c1-15-6-7-18(12-16(15)2)17(3)26-22(28)14-25-21-9-8-19(24)13-20(21)23(29)27-10-4-5-11-27/h6-9,12-13,17,25H,4-5,10-11,14H2,1-3H3,(H,26,28). The lowest BCUT2D eigenvalue weighted by Gasteiger charge is -2.19. The summed E-state index contributed by atoms with van der Waals surface area (Å²) >= 11 is 6.11. The van der Waals surface area contributed by atoms with Crippen molar-refractivity contribution in [2.45, 2.75) is 39.7 Å². The van der Waals surface area contributed by atoms with Gasteiger partial charge >= 0.3 is 0 Å². The van der Waals surface area contributed by atoms with E-state index in [0.717, 1.165) is 31.5 Å². The summed E-state index contributed by atoms with van der Waals surface area (Å²) in [5, 5.41) is 6.61. The molecule has 1 aliphatic heterocycles. The number of amides is 2. The number of nitrogens with one attached hydrogen (secondary N) is 2. The molecule has 154 valence electrons. The highest BCUT2D eigenvalue weighted by atomic mass is 35.5. The Morgan fingerprint density at radius 2 is 1.79 bits per heavy atom. The molecule has 29 heavy (non-hydrogen) atoms. The highest BCUT2D eigenvalue weighted by Crippen LogP contribution is 2.24. The maximum absolute atomic E-state index is 12.8. The third-order valence-corrected chi connectivity index (χ3v) is 5.69. The lowest BCUT2D eigenvalue weighted by Crippen LogP contribution is -2.33. The van der Waals surface area contributed by atoms with Gasteiger partial charge in [-0.3, -0.25) is 9.59 Å². The highest BCUT2D eigenvalue weighted by Gasteiger charge is 2.22. The number of nitrogens with zero attached hydrogens (tertiary/aromatic N) is 1. The van der Waals surface area contributed by atoms with Crippen LogP contribution in [0.15, 0.2) is 36.4 Å². The van der Waals surface area contributed by atoms with E-state index < -0.39 is 0 Å². The number of carbonyl (C=O) groups is 2. The summed E-state index contributed by atoms with van der Waals surface area (Å²) in [5.74, 6) is -0.179. The average Bonchev–Trinajstić information content (AvgIpc) is 3.23. The second-order valence-corrected chi connectivity index (χ2v) is 8.11. The molecule has 0 aliphatic carbocycles. The average molecular weight is 414 g/mol. The number of hydrogen-bond acceptors (Lipinski definition) is 3. The summed E-state index contributed by atoms with van der Waals surface area (Å²) in [6.07, 6.45) is 2.04. The molecule has 2 amide bonds. The van der Waals surface area contributed by atoms with E-state index in [9.17, 15) is 9.59 Å². The molecule has 0 bridgehead atoms. The summed E-state index contributed by atoms with van der Waals surface area (Å²) in [6, 6.07) is 11.2. The number of rotatable bonds is 6. The summed E-state index contributed by atoms with van der Waals surface area (Å²) in [4.78, 5) is 27.1. The molecular formula is C23H28ClN3O2. The molecule has 0 radical (unpaired) electrons. The Balaban J connectivity index is 1.63. The van der Waals surface area contributed by atoms with Gasteiger partial charge in [0.1, 0.15) is 0 Å². The van der Waals surface area contributed by atoms with Crippen molar-refractivity contribution in [1.29, 1.82) is 0 Å². The Hall–Kier alpha value is -2.53. The van der Waals surface area contributed by atoms with Crippen molar-refractivity contribution in [3.8, 4) is 0 Å². The molecule has 6 heteroatoms. The topological polar surface area (TPSA) is 61.4 Å². The van der Waals surface area contributed by atoms with Crippen molar-refractivity contribution in [3.05, 3.63) is 63.7 Å². The Morgan fingerprint density at radius 3 is 2.48 bits per heavy atom. The van der Waals surface area contributed by atoms with Crippen LogP contribution in [0.1, 0.15) is 52.9 Å². The van der Waals surface area contributed by atoms with Crippen LogP contribution in [0.25, 0.3) is 0 Å². The lowest BCUT2D eigenvalue weighted by atomic mass is 10.0. The molecule has 3 rings (SSSR count). The van der Waals surface area contributed by atoms with E-state index in [-0.39, 0.29) is 24.4 Å². The van der Waals surface area contributed by atoms with E-state index in [1.165, 1.54) is 11.1 Å². The predicted molar refractivity (Wildman–Crippen MR) is 118 cm³/mol. The van der Waals surface area contributed by atoms with E-state index in [2.05, 4.69) is 36.6 Å². The van der Waals surface area contributed by atoms with Gasteiger partial charge < -0.3 is 15.5 Å². The first kappa shape index (κ1) is 21.2. The van der Waals surface area contributed by atoms with Gasteiger partial charge in [0.05, 0.1) is 18.2 Å². The van der Waals surface area contributed by atoms with Crippen molar-refractivity contribution in [2.75, 3.05) is 25.0 Å². The fourth-order valence-electron chi connectivity index (χ4n) is 3.52. The lowest BCUT2D eigenvalue weighted by molar-refractivity contribution is -0.120. The van der Waals surface area contributed by atoms with Crippen molar-refractivity contribution >= 4 is 29.1 Å². The van der Waals surface area contributed by atoms with Crippen molar-refractivity contribution < 1.29 is 9.59 Å². The number of carbonyl (C=O) groups excluding carboxylic acids is 2. The quantitative estimate of drug-likeness (QED) is 0.733. The second-order valence-electron chi connectivity index (χ2n) is 7.68. The van der Waals surface area contributed by atoms with E-state index in [1.807, 2.05) is 17.9 Å². The van der Waals surface area contributed by atoms with Crippen LogP contribution in [-0.2, 0) is 4.79 Å². The number of anilines is 1. The van der Waals surface area contributed by atoms with Crippen molar-refractivity contribution in [2.24, 2.45) is 0 Å². The third kappa shape index (κ3) is 5.30. The maximum atomic E-state index is 12.8. The Kier molecular flexibility index (Phi) is 6.80. The molecule has 2 aromatic rings. The first-order chi connectivity index (χ1) is 13.8. The van der Waals surface area contributed by atoms with Crippen LogP contribution in [0.2, 0.25) is 5.02 Å². The number of aryl methyl sites for hydroxylation is 2. The molecule has 1 heterocycles. The largest absolute Gasteiger partial charge is 0.376 e. The Morgan fingerprint density at radius 1 is 1.07 bits per heavy atom. The van der Waals surface area contributed by atoms with Gasteiger partial charge in [0, 0.05) is 23.8 Å². The fraction of sp³-hybridized carbons (Fsp3) is 0.391. The van der Waals surface area contributed by atoms with E-state index in [0.29, 0.717) is 16.3 Å². The number of likely N-dealkylation sites (tertiary alicyclic amines) is 1. The van der Waals surface area contributed by atoms with E-state index in [4.69, 9.17) is 11.6 Å². The summed E-state index contributed by atoms with van der Waals surface area (Å²) in [6.45, 7) is 7.70. The third-order valence-electron chi connectivity index (χ3n) is 5.45. The molecule has 1 aliphatic rings. The van der Waals surface area contributed by atoms with E-state index in [1.54, 1.807) is 18.2 Å². The second kappa shape index (κ2) is 9.31. The number of benzene rings is 2. The van der Waals surface area contributed by atoms with Crippen LogP contribution in [0.3, 0.4) is 0 Å². The normalized spacial score (nSPS) is 14.6. The Labute approximate surface area is 177 Å². The molecule has 0 spiro atoms. The molecular weight excluding hydrogens is 386 g/mol. The molecule has 1 fully saturated rings. The van der Waals surface area contributed by atoms with Crippen LogP contribution >= 0.6 is 11.6 Å². The molecule has 2 aromatic carbocycles. The predicted octanol–water partition coefficient (Wildman–Crippen LogP) is 4.48. The zero-order valence-corrected chi connectivity index (χ0v) is 18.0. The molecule has 2 N–H and O–H groups in total. The first-order valence-corrected chi connectivity index (χ1v) is 10.4. The number of halogens is 1. The molecule has 5 nitrogen and oxygen atoms in total. The first-order valence-electron chi connectivity index (χ1n) is 10.0. The van der Waals surface area contributed by atoms with Gasteiger partial charge in [0.25, 0.3) is 5.91 Å². The SMILES string of the molecule is Cc1ccc(C(C)NC(=O)CNc2ccc(Cl)cc2C(=O)N2CCCC2)cc1C. The summed E-state index contributed by atoms with van der Waals surface area (Å²) in [5.41, 5.74) is 4.63. The molecule has 1 atom stereocenters.